The van der Waals surface area contributed by atoms with E-state index in [0.717, 1.165) is 0 Å². The van der Waals surface area contributed by atoms with Crippen LogP contribution >= 0.6 is 11.8 Å². The number of pyridine rings is 1. The van der Waals surface area contributed by atoms with E-state index in [0.29, 0.717) is 21.4 Å². The number of nitrogens with two attached hydrogens (primary N) is 1. The molecule has 2 N–H and O–H groups in total. The van der Waals surface area contributed by atoms with Crippen LogP contribution in [0.1, 0.15) is 5.56 Å². The van der Waals surface area contributed by atoms with E-state index in [4.69, 9.17) is 11.0 Å². The van der Waals surface area contributed by atoms with Gasteiger partial charge in [-0.1, -0.05) is 0 Å². The first-order valence-corrected chi connectivity index (χ1v) is 5.20. The van der Waals surface area contributed by atoms with Gasteiger partial charge in [0.25, 0.3) is 0 Å². The van der Waals surface area contributed by atoms with Crippen molar-refractivity contribution in [3.8, 4) is 6.07 Å². The molecule has 0 saturated carbocycles. The molecule has 0 unspecified atom stereocenters. The van der Waals surface area contributed by atoms with Crippen LogP contribution in [0.15, 0.2) is 28.8 Å². The molecule has 2 aromatic heterocycles. The van der Waals surface area contributed by atoms with Crippen molar-refractivity contribution in [1.82, 2.24) is 19.7 Å². The standard InChI is InChI=1S/C9H8N6S/c1-15-5-13-14-9(15)16-8-7(11)6(4-10)2-3-12-8/h2-3,5H,11H2,1H3. The normalized spacial score (nSPS) is 10.0. The quantitative estimate of drug-likeness (QED) is 0.823. The van der Waals surface area contributed by atoms with E-state index in [-0.39, 0.29) is 0 Å². The summed E-state index contributed by atoms with van der Waals surface area (Å²) in [5, 5.41) is 17.7. The minimum absolute atomic E-state index is 0.373. The summed E-state index contributed by atoms with van der Waals surface area (Å²) in [6.45, 7) is 0. The molecule has 0 aromatic carbocycles. The van der Waals surface area contributed by atoms with Gasteiger partial charge in [-0.3, -0.25) is 0 Å². The van der Waals surface area contributed by atoms with Crippen molar-refractivity contribution in [2.45, 2.75) is 10.2 Å². The molecule has 0 fully saturated rings. The fraction of sp³-hybridized carbons (Fsp3) is 0.111. The number of nitriles is 1. The van der Waals surface area contributed by atoms with E-state index in [1.165, 1.54) is 11.8 Å². The fourth-order valence-corrected chi connectivity index (χ4v) is 1.87. The first-order chi connectivity index (χ1) is 7.72. The van der Waals surface area contributed by atoms with E-state index >= 15 is 0 Å². The van der Waals surface area contributed by atoms with Crippen molar-refractivity contribution in [2.75, 3.05) is 5.73 Å². The molecule has 7 heteroatoms. The Labute approximate surface area is 96.1 Å². The van der Waals surface area contributed by atoms with Crippen LogP contribution in [0.4, 0.5) is 5.69 Å². The number of rotatable bonds is 2. The Morgan fingerprint density at radius 1 is 1.56 bits per heavy atom. The van der Waals surface area contributed by atoms with Gasteiger partial charge in [0.15, 0.2) is 5.16 Å². The SMILES string of the molecule is Cn1cnnc1Sc1nccc(C#N)c1N. The van der Waals surface area contributed by atoms with Crippen molar-refractivity contribution >= 4 is 17.4 Å². The molecule has 0 amide bonds. The third kappa shape index (κ3) is 1.83. The first-order valence-electron chi connectivity index (χ1n) is 4.39. The Morgan fingerprint density at radius 2 is 2.38 bits per heavy atom. The van der Waals surface area contributed by atoms with Crippen molar-refractivity contribution in [3.63, 3.8) is 0 Å². The molecular weight excluding hydrogens is 224 g/mol. The fourth-order valence-electron chi connectivity index (χ4n) is 1.08. The molecule has 0 bridgehead atoms. The van der Waals surface area contributed by atoms with Crippen LogP contribution in [0.5, 0.6) is 0 Å². The highest BCUT2D eigenvalue weighted by Crippen LogP contribution is 2.29. The largest absolute Gasteiger partial charge is 0.395 e. The monoisotopic (exact) mass is 232 g/mol. The molecule has 16 heavy (non-hydrogen) atoms. The second-order valence-electron chi connectivity index (χ2n) is 3.02. The Kier molecular flexibility index (Phi) is 2.74. The van der Waals surface area contributed by atoms with Gasteiger partial charge in [-0.2, -0.15) is 5.26 Å². The maximum atomic E-state index is 8.82. The van der Waals surface area contributed by atoms with Crippen LogP contribution in [0.25, 0.3) is 0 Å². The Balaban J connectivity index is 2.36. The van der Waals surface area contributed by atoms with Gasteiger partial charge in [-0.25, -0.2) is 4.98 Å². The average molecular weight is 232 g/mol. The molecule has 0 saturated heterocycles. The summed E-state index contributed by atoms with van der Waals surface area (Å²) in [6, 6.07) is 3.59. The third-order valence-corrected chi connectivity index (χ3v) is 3.00. The number of anilines is 1. The Bertz CT molecular complexity index is 555. The lowest BCUT2D eigenvalue weighted by Crippen LogP contribution is -1.97. The number of nitrogens with zero attached hydrogens (tertiary/aromatic N) is 5. The van der Waals surface area contributed by atoms with Crippen molar-refractivity contribution in [2.24, 2.45) is 7.05 Å². The topological polar surface area (TPSA) is 93.4 Å². The number of hydrogen-bond acceptors (Lipinski definition) is 6. The summed E-state index contributed by atoms with van der Waals surface area (Å²) in [5.41, 5.74) is 6.59. The summed E-state index contributed by atoms with van der Waals surface area (Å²) in [7, 11) is 1.83. The van der Waals surface area contributed by atoms with Crippen LogP contribution in [0, 0.1) is 11.3 Å². The summed E-state index contributed by atoms with van der Waals surface area (Å²) < 4.78 is 1.75. The molecule has 2 rings (SSSR count). The van der Waals surface area contributed by atoms with Gasteiger partial charge in [0, 0.05) is 13.2 Å². The van der Waals surface area contributed by atoms with Gasteiger partial charge in [-0.05, 0) is 17.8 Å². The van der Waals surface area contributed by atoms with Gasteiger partial charge in [0.2, 0.25) is 0 Å². The molecule has 6 nitrogen and oxygen atoms in total. The summed E-state index contributed by atoms with van der Waals surface area (Å²) >= 11 is 1.28. The molecule has 80 valence electrons. The number of hydrogen-bond donors (Lipinski definition) is 1. The van der Waals surface area contributed by atoms with E-state index in [9.17, 15) is 0 Å². The summed E-state index contributed by atoms with van der Waals surface area (Å²) in [6.07, 6.45) is 3.14. The van der Waals surface area contributed by atoms with Crippen LogP contribution in [-0.2, 0) is 7.05 Å². The van der Waals surface area contributed by atoms with E-state index in [2.05, 4.69) is 15.2 Å². The van der Waals surface area contributed by atoms with Gasteiger partial charge < -0.3 is 10.3 Å². The zero-order chi connectivity index (χ0) is 11.5. The predicted octanol–water partition coefficient (Wildman–Crippen LogP) is 0.815. The number of aromatic nitrogens is 4. The molecule has 0 radical (unpaired) electrons. The van der Waals surface area contributed by atoms with Gasteiger partial charge >= 0.3 is 0 Å². The van der Waals surface area contributed by atoms with E-state index in [1.807, 2.05) is 13.1 Å². The second-order valence-corrected chi connectivity index (χ2v) is 3.97. The van der Waals surface area contributed by atoms with Crippen LogP contribution in [-0.4, -0.2) is 19.7 Å². The lowest BCUT2D eigenvalue weighted by molar-refractivity contribution is 0.787. The van der Waals surface area contributed by atoms with Crippen LogP contribution in [0.2, 0.25) is 0 Å². The third-order valence-electron chi connectivity index (χ3n) is 1.93. The van der Waals surface area contributed by atoms with Crippen molar-refractivity contribution in [1.29, 1.82) is 5.26 Å². The zero-order valence-corrected chi connectivity index (χ0v) is 9.27. The minimum atomic E-state index is 0.373. The molecule has 0 aliphatic heterocycles. The summed E-state index contributed by atoms with van der Waals surface area (Å²) in [4.78, 5) is 4.11. The lowest BCUT2D eigenvalue weighted by Gasteiger charge is -2.04. The maximum absolute atomic E-state index is 8.82. The van der Waals surface area contributed by atoms with Crippen LogP contribution < -0.4 is 5.73 Å². The second kappa shape index (κ2) is 4.20. The smallest absolute Gasteiger partial charge is 0.197 e. The summed E-state index contributed by atoms with van der Waals surface area (Å²) in [5.74, 6) is 0. The molecule has 2 aromatic rings. The Morgan fingerprint density at radius 3 is 3.00 bits per heavy atom. The highest BCUT2D eigenvalue weighted by molar-refractivity contribution is 7.99. The molecular formula is C9H8N6S. The maximum Gasteiger partial charge on any atom is 0.197 e. The van der Waals surface area contributed by atoms with Crippen LogP contribution in [0.3, 0.4) is 0 Å². The number of nitrogen functional groups attached to an aromatic ring is 1. The average Bonchev–Trinajstić information content (AvgIpc) is 2.68. The minimum Gasteiger partial charge on any atom is -0.395 e. The van der Waals surface area contributed by atoms with Crippen molar-refractivity contribution in [3.05, 3.63) is 24.2 Å². The Hall–Kier alpha value is -2.07. The lowest BCUT2D eigenvalue weighted by atomic mass is 10.2. The van der Waals surface area contributed by atoms with Gasteiger partial charge in [0.05, 0.1) is 11.3 Å². The highest BCUT2D eigenvalue weighted by atomic mass is 32.2. The van der Waals surface area contributed by atoms with E-state index in [1.54, 1.807) is 23.2 Å². The van der Waals surface area contributed by atoms with Gasteiger partial charge in [-0.15, -0.1) is 10.2 Å². The van der Waals surface area contributed by atoms with E-state index < -0.39 is 0 Å². The molecule has 0 atom stereocenters. The molecule has 0 spiro atoms. The number of aryl methyl sites for hydroxylation is 1. The predicted molar refractivity (Wildman–Crippen MR) is 58.5 cm³/mol. The molecule has 0 aliphatic carbocycles. The zero-order valence-electron chi connectivity index (χ0n) is 8.45. The first kappa shape index (κ1) is 10.4. The molecule has 2 heterocycles. The highest BCUT2D eigenvalue weighted by Gasteiger charge is 2.10. The molecule has 0 aliphatic rings. The van der Waals surface area contributed by atoms with Gasteiger partial charge in [0.1, 0.15) is 17.4 Å². The van der Waals surface area contributed by atoms with Crippen molar-refractivity contribution < 1.29 is 0 Å².